The van der Waals surface area contributed by atoms with Gasteiger partial charge in [0.05, 0.1) is 0 Å². The fourth-order valence-electron chi connectivity index (χ4n) is 12.2. The van der Waals surface area contributed by atoms with Crippen molar-refractivity contribution in [2.45, 2.75) is 413 Å². The summed E-state index contributed by atoms with van der Waals surface area (Å²) in [4.78, 5) is 0. The fourth-order valence-corrected chi connectivity index (χ4v) is 19.0. The average molecular weight is 1020 g/mol. The van der Waals surface area contributed by atoms with Crippen molar-refractivity contribution >= 4 is 17.2 Å². The van der Waals surface area contributed by atoms with Gasteiger partial charge in [0.2, 0.25) is 0 Å². The molecule has 70 heavy (non-hydrogen) atoms. The predicted octanol–water partition coefficient (Wildman–Crippen LogP) is 27.2. The molecule has 0 unspecified atom stereocenters. The van der Waals surface area contributed by atoms with Crippen molar-refractivity contribution < 1.29 is 0 Å². The van der Waals surface area contributed by atoms with E-state index in [0.717, 1.165) is 0 Å². The molecule has 0 aliphatic carbocycles. The molecule has 0 saturated carbocycles. The third kappa shape index (κ3) is 53.5. The quantitative estimate of drug-likeness (QED) is 0.0421. The summed E-state index contributed by atoms with van der Waals surface area (Å²) in [5, 5.41) is 0. The molecule has 0 aromatic carbocycles. The van der Waals surface area contributed by atoms with E-state index in [9.17, 15) is 0 Å². The monoisotopic (exact) mass is 1020 g/mol. The number of halogens is 1. The van der Waals surface area contributed by atoms with Crippen LogP contribution in [0.1, 0.15) is 413 Å². The molecule has 0 aliphatic rings. The predicted molar refractivity (Wildman–Crippen MR) is 332 cm³/mol. The Bertz CT molecular complexity index is 783. The molecule has 0 aromatic heterocycles. The van der Waals surface area contributed by atoms with E-state index in [-0.39, 0.29) is 0 Å². The Morgan fingerprint density at radius 3 is 0.329 bits per heavy atom. The van der Waals surface area contributed by atoms with Gasteiger partial charge >= 0.3 is 324 Å². The summed E-state index contributed by atoms with van der Waals surface area (Å²) in [5.74, 6) is -2.25. The van der Waals surface area contributed by atoms with Crippen molar-refractivity contribution in [2.75, 3.05) is 24.6 Å². The molecule has 0 atom stereocenters. The fraction of sp³-hybridized carbons (Fsp3) is 1.00. The minimum absolute atomic E-state index is 1.37. The summed E-state index contributed by atoms with van der Waals surface area (Å²) in [6, 6.07) is 0. The molecule has 0 rings (SSSR count). The van der Waals surface area contributed by atoms with Gasteiger partial charge in [0.15, 0.2) is 0 Å². The van der Waals surface area contributed by atoms with Gasteiger partial charge in [0, 0.05) is 0 Å². The molecule has 0 aliphatic heterocycles. The van der Waals surface area contributed by atoms with Crippen LogP contribution in [0.25, 0.3) is 0 Å². The first kappa shape index (κ1) is 70.7. The van der Waals surface area contributed by atoms with Crippen LogP contribution in [0.5, 0.6) is 0 Å². The standard InChI is InChI=1S/C68H140ClP/c1-5-9-13-17-21-25-29-33-37-41-45-49-53-57-61-65-70(69,66-62-58-54-50-46-42-38-34-30-26-22-18-14-10-6-2,67-63-59-55-51-47-43-39-35-31-27-23-19-15-11-7-3)68-64-60-56-52-48-44-40-36-32-28-24-20-16-12-8-4/h5-68H2,1-4H3. The van der Waals surface area contributed by atoms with Gasteiger partial charge in [-0.15, -0.1) is 0 Å². The van der Waals surface area contributed by atoms with E-state index in [1.165, 1.54) is 410 Å². The molecule has 2 heteroatoms. The average Bonchev–Trinajstić information content (AvgIpc) is 3.36. The zero-order chi connectivity index (χ0) is 50.7. The number of unbranched alkanes of at least 4 members (excludes halogenated alkanes) is 56. The van der Waals surface area contributed by atoms with Crippen molar-refractivity contribution in [2.24, 2.45) is 0 Å². The van der Waals surface area contributed by atoms with E-state index in [1.807, 2.05) is 0 Å². The minimum atomic E-state index is -2.25. The van der Waals surface area contributed by atoms with Gasteiger partial charge < -0.3 is 0 Å². The van der Waals surface area contributed by atoms with Crippen LogP contribution in [0.15, 0.2) is 0 Å². The summed E-state index contributed by atoms with van der Waals surface area (Å²) in [6.45, 7) is 9.32. The third-order valence-electron chi connectivity index (χ3n) is 17.3. The molecular formula is C68H140ClP. The third-order valence-corrected chi connectivity index (χ3v) is 25.0. The van der Waals surface area contributed by atoms with Gasteiger partial charge in [-0.1, -0.05) is 130 Å². The summed E-state index contributed by atoms with van der Waals surface area (Å²) in [7, 11) is 0. The Morgan fingerprint density at radius 2 is 0.229 bits per heavy atom. The zero-order valence-corrected chi connectivity index (χ0v) is 51.7. The smallest absolute Gasteiger partial charge is 0.0654 e. The first-order valence-electron chi connectivity index (χ1n) is 34.3. The Kier molecular flexibility index (Phi) is 59.6. The van der Waals surface area contributed by atoms with Crippen LogP contribution < -0.4 is 0 Å². The molecule has 424 valence electrons. The van der Waals surface area contributed by atoms with Crippen molar-refractivity contribution in [1.82, 2.24) is 0 Å². The maximum absolute atomic E-state index is 8.56. The van der Waals surface area contributed by atoms with E-state index in [4.69, 9.17) is 11.2 Å². The Hall–Kier alpha value is 0.720. The molecule has 0 bridgehead atoms. The molecule has 0 N–H and O–H groups in total. The Labute approximate surface area is 452 Å². The summed E-state index contributed by atoms with van der Waals surface area (Å²) in [5.41, 5.74) is 0. The second-order valence-corrected chi connectivity index (χ2v) is 32.8. The molecule has 0 saturated heterocycles. The van der Waals surface area contributed by atoms with Crippen LogP contribution in [-0.2, 0) is 0 Å². The first-order chi connectivity index (χ1) is 34.5. The topological polar surface area (TPSA) is 0 Å². The Morgan fingerprint density at radius 1 is 0.143 bits per heavy atom. The second kappa shape index (κ2) is 59.0. The molecular weight excluding hydrogens is 883 g/mol. The summed E-state index contributed by atoms with van der Waals surface area (Å²) >= 11 is 8.56. The minimum Gasteiger partial charge on any atom is -0.0654 e. The van der Waals surface area contributed by atoms with E-state index in [1.54, 1.807) is 0 Å². The van der Waals surface area contributed by atoms with Gasteiger partial charge in [-0.05, 0) is 0 Å². The molecule has 0 radical (unpaired) electrons. The summed E-state index contributed by atoms with van der Waals surface area (Å²) in [6.07, 6.45) is 93.1. The number of hydrogen-bond donors (Lipinski definition) is 0. The number of rotatable bonds is 64. The van der Waals surface area contributed by atoms with E-state index < -0.39 is 5.96 Å². The van der Waals surface area contributed by atoms with E-state index >= 15 is 0 Å². The van der Waals surface area contributed by atoms with Crippen LogP contribution in [0.2, 0.25) is 0 Å². The Balaban J connectivity index is 5.09. The first-order valence-corrected chi connectivity index (χ1v) is 38.1. The molecule has 0 aromatic rings. The molecule has 0 amide bonds. The van der Waals surface area contributed by atoms with Gasteiger partial charge in [0.25, 0.3) is 0 Å². The van der Waals surface area contributed by atoms with Crippen molar-refractivity contribution in [3.8, 4) is 0 Å². The van der Waals surface area contributed by atoms with Gasteiger partial charge in [-0.25, -0.2) is 0 Å². The van der Waals surface area contributed by atoms with Crippen LogP contribution in [0.3, 0.4) is 0 Å². The molecule has 0 spiro atoms. The molecule has 0 heterocycles. The molecule has 0 nitrogen and oxygen atoms in total. The summed E-state index contributed by atoms with van der Waals surface area (Å²) < 4.78 is 0. The maximum atomic E-state index is 8.56. The SMILES string of the molecule is CCCCCCCCCCCCCCCCCP(Cl)(CCCCCCCCCCCCCCCCC)(CCCCCCCCCCCCCCCCC)CCCCCCCCCCCCCCCCC. The van der Waals surface area contributed by atoms with Crippen molar-refractivity contribution in [3.63, 3.8) is 0 Å². The zero-order valence-electron chi connectivity index (χ0n) is 50.1. The van der Waals surface area contributed by atoms with Crippen LogP contribution in [-0.4, -0.2) is 24.6 Å². The van der Waals surface area contributed by atoms with E-state index in [2.05, 4.69) is 27.7 Å². The second-order valence-electron chi connectivity index (χ2n) is 24.5. The van der Waals surface area contributed by atoms with Gasteiger partial charge in [0.1, 0.15) is 0 Å². The van der Waals surface area contributed by atoms with Crippen LogP contribution >= 0.6 is 17.2 Å². The van der Waals surface area contributed by atoms with Gasteiger partial charge in [-0.2, -0.15) is 0 Å². The van der Waals surface area contributed by atoms with Crippen molar-refractivity contribution in [3.05, 3.63) is 0 Å². The van der Waals surface area contributed by atoms with E-state index in [0.29, 0.717) is 0 Å². The van der Waals surface area contributed by atoms with Crippen molar-refractivity contribution in [1.29, 1.82) is 0 Å². The van der Waals surface area contributed by atoms with Gasteiger partial charge in [-0.3, -0.25) is 0 Å². The number of hydrogen-bond acceptors (Lipinski definition) is 0. The van der Waals surface area contributed by atoms with Crippen LogP contribution in [0.4, 0.5) is 0 Å². The normalized spacial score (nSPS) is 12.6. The van der Waals surface area contributed by atoms with Crippen LogP contribution in [0, 0.1) is 0 Å². The molecule has 0 fully saturated rings.